The Morgan fingerprint density at radius 3 is 2.67 bits per heavy atom. The molecule has 0 radical (unpaired) electrons. The van der Waals surface area contributed by atoms with Crippen LogP contribution in [0.5, 0.6) is 0 Å². The molecular formula is C20H17F3N6O. The summed E-state index contributed by atoms with van der Waals surface area (Å²) < 4.78 is 40.2. The number of hydrogen-bond acceptors (Lipinski definition) is 5. The number of hydrazine groups is 1. The van der Waals surface area contributed by atoms with Gasteiger partial charge in [0.1, 0.15) is 0 Å². The summed E-state index contributed by atoms with van der Waals surface area (Å²) in [6.45, 7) is 0.354. The van der Waals surface area contributed by atoms with Crippen LogP contribution in [-0.4, -0.2) is 22.6 Å². The number of nitriles is 1. The molecule has 30 heavy (non-hydrogen) atoms. The Morgan fingerprint density at radius 1 is 1.23 bits per heavy atom. The minimum absolute atomic E-state index is 0.0443. The van der Waals surface area contributed by atoms with Crippen LogP contribution in [0, 0.1) is 34.7 Å². The molecule has 1 atom stereocenters. The molecular weight excluding hydrogens is 397 g/mol. The number of halogens is 3. The molecule has 7 nitrogen and oxygen atoms in total. The Kier molecular flexibility index (Phi) is 5.18. The number of nitrogens with one attached hydrogen (secondary N) is 3. The van der Waals surface area contributed by atoms with Crippen LogP contribution in [0.2, 0.25) is 0 Å². The van der Waals surface area contributed by atoms with Crippen LogP contribution in [-0.2, 0) is 17.6 Å². The monoisotopic (exact) mass is 414 g/mol. The number of aromatic nitrogens is 2. The van der Waals surface area contributed by atoms with Crippen molar-refractivity contribution in [2.75, 3.05) is 11.4 Å². The van der Waals surface area contributed by atoms with Crippen molar-refractivity contribution in [3.05, 3.63) is 64.9 Å². The number of carbonyl (C=O) groups is 1. The minimum atomic E-state index is -1.53. The normalized spacial score (nSPS) is 18.1. The molecule has 1 aromatic carbocycles. The first-order chi connectivity index (χ1) is 14.5. The zero-order valence-corrected chi connectivity index (χ0v) is 15.7. The number of amides is 1. The molecule has 1 unspecified atom stereocenters. The number of H-pyrrole nitrogens is 1. The van der Waals surface area contributed by atoms with Gasteiger partial charge in [-0.1, -0.05) is 0 Å². The summed E-state index contributed by atoms with van der Waals surface area (Å²) in [5.74, 6) is -4.51. The predicted molar refractivity (Wildman–Crippen MR) is 102 cm³/mol. The molecule has 0 aliphatic carbocycles. The van der Waals surface area contributed by atoms with Gasteiger partial charge in [-0.3, -0.25) is 14.8 Å². The molecule has 1 fully saturated rings. The fraction of sp³-hybridized carbons (Fsp3) is 0.250. The number of allylic oxidation sites excluding steroid dienone is 2. The second-order valence-corrected chi connectivity index (χ2v) is 7.01. The van der Waals surface area contributed by atoms with Crippen molar-refractivity contribution >= 4 is 17.3 Å². The molecule has 10 heteroatoms. The summed E-state index contributed by atoms with van der Waals surface area (Å²) in [6.07, 6.45) is 5.75. The van der Waals surface area contributed by atoms with Gasteiger partial charge in [0.2, 0.25) is 5.91 Å². The standard InChI is InChI=1S/C20H17F3N6O/c21-15-8-11(9-16(22)17(15)23)7-12-3-6-29(20(12)30)19-14(1-4-24)18(27-28-19)13-2-5-25-26-10-13/h2,5,8-10,12,25-26H,1,3,6-7H2,(H,27,28). The van der Waals surface area contributed by atoms with Crippen molar-refractivity contribution in [2.45, 2.75) is 19.3 Å². The first kappa shape index (κ1) is 19.6. The minimum Gasteiger partial charge on any atom is -0.309 e. The van der Waals surface area contributed by atoms with E-state index in [9.17, 15) is 23.2 Å². The Morgan fingerprint density at radius 2 is 2.00 bits per heavy atom. The van der Waals surface area contributed by atoms with E-state index in [1.807, 2.05) is 0 Å². The van der Waals surface area contributed by atoms with Crippen molar-refractivity contribution in [3.8, 4) is 6.07 Å². The van der Waals surface area contributed by atoms with Crippen LogP contribution in [0.15, 0.2) is 30.6 Å². The zero-order chi connectivity index (χ0) is 21.3. The fourth-order valence-corrected chi connectivity index (χ4v) is 3.72. The molecule has 4 rings (SSSR count). The number of benzene rings is 1. The molecule has 0 saturated carbocycles. The lowest BCUT2D eigenvalue weighted by Gasteiger charge is -2.16. The van der Waals surface area contributed by atoms with Gasteiger partial charge in [0, 0.05) is 36.0 Å². The van der Waals surface area contributed by atoms with E-state index in [1.165, 1.54) is 4.90 Å². The van der Waals surface area contributed by atoms with Gasteiger partial charge in [0.25, 0.3) is 0 Å². The lowest BCUT2D eigenvalue weighted by molar-refractivity contribution is -0.120. The summed E-state index contributed by atoms with van der Waals surface area (Å²) in [4.78, 5) is 14.4. The third kappa shape index (κ3) is 3.50. The molecule has 2 aliphatic rings. The topological polar surface area (TPSA) is 96.8 Å². The molecule has 1 aromatic heterocycles. The van der Waals surface area contributed by atoms with E-state index in [2.05, 4.69) is 27.1 Å². The third-order valence-electron chi connectivity index (χ3n) is 5.14. The molecule has 154 valence electrons. The number of rotatable bonds is 5. The van der Waals surface area contributed by atoms with Gasteiger partial charge in [-0.15, -0.1) is 0 Å². The first-order valence-electron chi connectivity index (χ1n) is 9.26. The number of nitrogens with zero attached hydrogens (tertiary/aromatic N) is 3. The molecule has 2 aliphatic heterocycles. The van der Waals surface area contributed by atoms with Crippen molar-refractivity contribution < 1.29 is 18.0 Å². The smallest absolute Gasteiger partial charge is 0.231 e. The van der Waals surface area contributed by atoms with E-state index in [1.54, 1.807) is 18.5 Å². The van der Waals surface area contributed by atoms with E-state index >= 15 is 0 Å². The molecule has 0 spiro atoms. The number of hydrogen-bond donors (Lipinski definition) is 3. The van der Waals surface area contributed by atoms with Gasteiger partial charge in [-0.25, -0.2) is 13.2 Å². The van der Waals surface area contributed by atoms with E-state index in [0.717, 1.165) is 17.7 Å². The highest BCUT2D eigenvalue weighted by Crippen LogP contribution is 2.33. The van der Waals surface area contributed by atoms with Gasteiger partial charge in [-0.2, -0.15) is 10.4 Å². The average Bonchev–Trinajstić information content (AvgIpc) is 3.31. The highest BCUT2D eigenvalue weighted by molar-refractivity contribution is 5.97. The van der Waals surface area contributed by atoms with Gasteiger partial charge in [0.05, 0.1) is 18.2 Å². The van der Waals surface area contributed by atoms with Crippen LogP contribution in [0.25, 0.3) is 5.57 Å². The van der Waals surface area contributed by atoms with Crippen LogP contribution < -0.4 is 15.8 Å². The van der Waals surface area contributed by atoms with Gasteiger partial charge >= 0.3 is 0 Å². The Labute approximate surface area is 169 Å². The second-order valence-electron chi connectivity index (χ2n) is 7.01. The van der Waals surface area contributed by atoms with Crippen molar-refractivity contribution in [1.82, 2.24) is 21.0 Å². The van der Waals surface area contributed by atoms with E-state index < -0.39 is 23.4 Å². The average molecular weight is 414 g/mol. The number of carbonyl (C=O) groups excluding carboxylic acids is 1. The SMILES string of the molecule is N#CCc1c(N2CCC(Cc3cc(F)c(F)c(F)c3)C2=O)n[nH]c1C1=CNNC=C1. The van der Waals surface area contributed by atoms with Gasteiger partial charge < -0.3 is 10.9 Å². The zero-order valence-electron chi connectivity index (χ0n) is 15.7. The molecule has 3 heterocycles. The largest absolute Gasteiger partial charge is 0.309 e. The van der Waals surface area contributed by atoms with Crippen molar-refractivity contribution in [2.24, 2.45) is 5.92 Å². The Hall–Kier alpha value is -3.74. The second kappa shape index (κ2) is 7.94. The number of anilines is 1. The van der Waals surface area contributed by atoms with Crippen molar-refractivity contribution in [1.29, 1.82) is 5.26 Å². The predicted octanol–water partition coefficient (Wildman–Crippen LogP) is 2.45. The molecule has 1 saturated heterocycles. The Balaban J connectivity index is 1.58. The molecule has 3 N–H and O–H groups in total. The lowest BCUT2D eigenvalue weighted by atomic mass is 9.98. The summed E-state index contributed by atoms with van der Waals surface area (Å²) in [6, 6.07) is 3.91. The molecule has 2 aromatic rings. The van der Waals surface area contributed by atoms with E-state index in [-0.39, 0.29) is 24.3 Å². The van der Waals surface area contributed by atoms with Crippen LogP contribution >= 0.6 is 0 Å². The van der Waals surface area contributed by atoms with Crippen molar-refractivity contribution in [3.63, 3.8) is 0 Å². The van der Waals surface area contributed by atoms with E-state index in [0.29, 0.717) is 30.0 Å². The highest BCUT2D eigenvalue weighted by Gasteiger charge is 2.36. The summed E-state index contributed by atoms with van der Waals surface area (Å²) in [5, 5.41) is 16.4. The fourth-order valence-electron chi connectivity index (χ4n) is 3.72. The summed E-state index contributed by atoms with van der Waals surface area (Å²) in [5.41, 5.74) is 7.82. The maximum absolute atomic E-state index is 13.5. The first-order valence-corrected chi connectivity index (χ1v) is 9.26. The number of aromatic amines is 1. The van der Waals surface area contributed by atoms with Crippen LogP contribution in [0.3, 0.4) is 0 Å². The van der Waals surface area contributed by atoms with Crippen LogP contribution in [0.1, 0.15) is 23.2 Å². The molecule has 0 bridgehead atoms. The maximum Gasteiger partial charge on any atom is 0.231 e. The maximum atomic E-state index is 13.5. The van der Waals surface area contributed by atoms with Gasteiger partial charge in [-0.05, 0) is 36.6 Å². The summed E-state index contributed by atoms with van der Waals surface area (Å²) in [7, 11) is 0. The lowest BCUT2D eigenvalue weighted by Crippen LogP contribution is -2.29. The van der Waals surface area contributed by atoms with Crippen LogP contribution in [0.4, 0.5) is 19.0 Å². The van der Waals surface area contributed by atoms with Gasteiger partial charge in [0.15, 0.2) is 23.3 Å². The molecule has 1 amide bonds. The quantitative estimate of drug-likeness (QED) is 0.653. The third-order valence-corrected chi connectivity index (χ3v) is 5.14. The Bertz CT molecular complexity index is 1080. The highest BCUT2D eigenvalue weighted by atomic mass is 19.2. The summed E-state index contributed by atoms with van der Waals surface area (Å²) >= 11 is 0. The van der Waals surface area contributed by atoms with E-state index in [4.69, 9.17) is 0 Å².